The molecule has 0 saturated heterocycles. The second-order valence-electron chi connectivity index (χ2n) is 11.8. The molecule has 2 heterocycles. The Bertz CT molecular complexity index is 1440. The maximum Gasteiger partial charge on any atom is 0.407 e. The van der Waals surface area contributed by atoms with Crippen LogP contribution >= 0.6 is 11.6 Å². The first-order valence-corrected chi connectivity index (χ1v) is 14.7. The van der Waals surface area contributed by atoms with Gasteiger partial charge in [-0.05, 0) is 57.9 Å². The van der Waals surface area contributed by atoms with Crippen molar-refractivity contribution in [1.29, 1.82) is 0 Å². The van der Waals surface area contributed by atoms with Crippen LogP contribution in [-0.2, 0) is 9.53 Å². The largest absolute Gasteiger partial charge is 0.444 e. The molecular weight excluding hydrogens is 589 g/mol. The summed E-state index contributed by atoms with van der Waals surface area (Å²) in [5.74, 6) is 0.734. The van der Waals surface area contributed by atoms with Gasteiger partial charge in [0.1, 0.15) is 29.4 Å². The lowest BCUT2D eigenvalue weighted by molar-refractivity contribution is -0.116. The van der Waals surface area contributed by atoms with E-state index < -0.39 is 17.5 Å². The van der Waals surface area contributed by atoms with Gasteiger partial charge in [-0.2, -0.15) is 0 Å². The quantitative estimate of drug-likeness (QED) is 0.185. The number of alkyl carbamates (subject to hydrolysis) is 1. The molecule has 0 bridgehead atoms. The Balaban J connectivity index is 1.64. The summed E-state index contributed by atoms with van der Waals surface area (Å²) < 4.78 is 19.8. The van der Waals surface area contributed by atoms with Gasteiger partial charge in [-0.15, -0.1) is 10.2 Å². The zero-order chi connectivity index (χ0) is 32.4. The molecule has 0 aliphatic carbocycles. The number of carbonyl (C=O) groups is 2. The van der Waals surface area contributed by atoms with Crippen LogP contribution in [-0.4, -0.2) is 75.4 Å². The van der Waals surface area contributed by atoms with Crippen molar-refractivity contribution in [2.24, 2.45) is 5.92 Å². The Kier molecular flexibility index (Phi) is 12.2. The van der Waals surface area contributed by atoms with Crippen molar-refractivity contribution in [2.75, 3.05) is 42.6 Å². The van der Waals surface area contributed by atoms with Gasteiger partial charge in [-0.3, -0.25) is 4.79 Å². The minimum atomic E-state index is -0.584. The van der Waals surface area contributed by atoms with Crippen LogP contribution in [0.15, 0.2) is 36.7 Å². The first-order chi connectivity index (χ1) is 20.7. The third kappa shape index (κ3) is 11.2. The third-order valence-corrected chi connectivity index (χ3v) is 6.24. The number of nitrogens with one attached hydrogen (secondary N) is 4. The van der Waals surface area contributed by atoms with Gasteiger partial charge >= 0.3 is 6.09 Å². The summed E-state index contributed by atoms with van der Waals surface area (Å²) in [5, 5.41) is 20.4. The first kappa shape index (κ1) is 34.4. The number of nitrogens with zero attached hydrogens (tertiary/aromatic N) is 5. The van der Waals surface area contributed by atoms with Gasteiger partial charge in [0, 0.05) is 55.8 Å². The number of hydrogen-bond acceptors (Lipinski definition) is 10. The van der Waals surface area contributed by atoms with E-state index in [2.05, 4.69) is 60.2 Å². The summed E-state index contributed by atoms with van der Waals surface area (Å²) in [5.41, 5.74) is 0.370. The molecule has 12 nitrogen and oxygen atoms in total. The molecule has 2 amide bonds. The molecule has 1 atom stereocenters. The zero-order valence-corrected chi connectivity index (χ0v) is 26.9. The number of amides is 2. The van der Waals surface area contributed by atoms with Crippen LogP contribution in [0, 0.1) is 11.7 Å². The van der Waals surface area contributed by atoms with E-state index in [1.54, 1.807) is 19.2 Å². The molecule has 44 heavy (non-hydrogen) atoms. The summed E-state index contributed by atoms with van der Waals surface area (Å²) in [6, 6.07) is 7.22. The van der Waals surface area contributed by atoms with Crippen LogP contribution in [0.2, 0.25) is 5.02 Å². The fourth-order valence-electron chi connectivity index (χ4n) is 4.31. The van der Waals surface area contributed by atoms with E-state index in [-0.39, 0.29) is 29.6 Å². The lowest BCUT2D eigenvalue weighted by Crippen LogP contribution is -2.45. The minimum Gasteiger partial charge on any atom is -0.444 e. The number of anilines is 4. The normalized spacial score (nSPS) is 12.2. The average Bonchev–Trinajstić information content (AvgIpc) is 2.91. The van der Waals surface area contributed by atoms with Gasteiger partial charge in [-0.1, -0.05) is 25.4 Å². The summed E-state index contributed by atoms with van der Waals surface area (Å²) >= 11 is 6.06. The predicted molar refractivity (Wildman–Crippen MR) is 171 cm³/mol. The Labute approximate surface area is 262 Å². The molecule has 0 radical (unpaired) electrons. The molecule has 0 fully saturated rings. The summed E-state index contributed by atoms with van der Waals surface area (Å²) in [4.78, 5) is 35.6. The molecule has 0 spiro atoms. The number of carbonyl (C=O) groups excluding carboxylic acids is 2. The van der Waals surface area contributed by atoms with Crippen molar-refractivity contribution in [3.63, 3.8) is 0 Å². The Morgan fingerprint density at radius 3 is 2.45 bits per heavy atom. The van der Waals surface area contributed by atoms with Crippen molar-refractivity contribution in [2.45, 2.75) is 59.6 Å². The highest BCUT2D eigenvalue weighted by Gasteiger charge is 2.20. The molecule has 0 aliphatic rings. The number of ether oxygens (including phenoxy) is 1. The number of hydrogen-bond donors (Lipinski definition) is 4. The molecule has 0 aliphatic heterocycles. The molecule has 14 heteroatoms. The highest BCUT2D eigenvalue weighted by Crippen LogP contribution is 2.30. The highest BCUT2D eigenvalue weighted by atomic mass is 35.5. The first-order valence-electron chi connectivity index (χ1n) is 14.3. The van der Waals surface area contributed by atoms with E-state index in [1.165, 1.54) is 24.5 Å². The molecule has 1 aromatic carbocycles. The van der Waals surface area contributed by atoms with Crippen molar-refractivity contribution in [1.82, 2.24) is 30.4 Å². The fraction of sp³-hybridized carbons (Fsp3) is 0.467. The second-order valence-corrected chi connectivity index (χ2v) is 12.2. The molecule has 1 unspecified atom stereocenters. The second kappa shape index (κ2) is 15.6. The molecule has 4 N–H and O–H groups in total. The average molecular weight is 630 g/mol. The molecule has 3 aromatic rings. The van der Waals surface area contributed by atoms with E-state index in [9.17, 15) is 14.0 Å². The van der Waals surface area contributed by atoms with Crippen molar-refractivity contribution in [3.8, 4) is 11.3 Å². The van der Waals surface area contributed by atoms with E-state index in [0.717, 1.165) is 6.54 Å². The number of halogens is 2. The summed E-state index contributed by atoms with van der Waals surface area (Å²) in [6.45, 7) is 13.3. The molecule has 0 saturated carbocycles. The molecule has 238 valence electrons. The molecular formula is C30H41ClFN9O3. The third-order valence-electron chi connectivity index (χ3n) is 6.01. The van der Waals surface area contributed by atoms with E-state index >= 15 is 0 Å². The van der Waals surface area contributed by atoms with E-state index in [0.29, 0.717) is 47.2 Å². The predicted octanol–water partition coefficient (Wildman–Crippen LogP) is 5.71. The zero-order valence-electron chi connectivity index (χ0n) is 26.2. The van der Waals surface area contributed by atoms with E-state index in [1.807, 2.05) is 27.7 Å². The lowest BCUT2D eigenvalue weighted by atomic mass is 10.1. The Hall–Kier alpha value is -4.10. The van der Waals surface area contributed by atoms with Crippen LogP contribution in [0.5, 0.6) is 0 Å². The number of aromatic nitrogens is 4. The van der Waals surface area contributed by atoms with Gasteiger partial charge in [0.05, 0.1) is 11.4 Å². The maximum atomic E-state index is 14.5. The minimum absolute atomic E-state index is 0.178. The SMILES string of the molecule is CNc1nnc(-c2cc(Cl)ccc2F)cc1Nc1cc(NC(=O)CCN(CC(C)C)CC(C)NC(=O)OC(C)(C)C)ncn1. The van der Waals surface area contributed by atoms with Crippen LogP contribution in [0.3, 0.4) is 0 Å². The topological polar surface area (TPSA) is 146 Å². The lowest BCUT2D eigenvalue weighted by Gasteiger charge is -2.28. The number of rotatable bonds is 13. The smallest absolute Gasteiger partial charge is 0.407 e. The Morgan fingerprint density at radius 1 is 1.05 bits per heavy atom. The van der Waals surface area contributed by atoms with Crippen LogP contribution in [0.25, 0.3) is 11.3 Å². The van der Waals surface area contributed by atoms with Gasteiger partial charge in [0.25, 0.3) is 0 Å². The molecule has 3 rings (SSSR count). The standard InChI is InChI=1S/C30H41ClFN9O3/c1-18(2)15-41(16-19(3)36-29(43)44-30(4,5)6)11-10-27(42)38-26-14-25(34-17-35-26)37-24-13-23(39-40-28(24)33-7)21-12-20(31)8-9-22(21)32/h8-9,12-14,17-19H,10-11,15-16H2,1-7H3,(H,33,40)(H,36,43)(H2,34,35,37,38,39,42). The molecule has 2 aromatic heterocycles. The maximum absolute atomic E-state index is 14.5. The monoisotopic (exact) mass is 629 g/mol. The summed E-state index contributed by atoms with van der Waals surface area (Å²) in [7, 11) is 1.68. The highest BCUT2D eigenvalue weighted by molar-refractivity contribution is 6.30. The van der Waals surface area contributed by atoms with Gasteiger partial charge in [0.2, 0.25) is 5.91 Å². The number of benzene rings is 1. The van der Waals surface area contributed by atoms with E-state index in [4.69, 9.17) is 16.3 Å². The van der Waals surface area contributed by atoms with Gasteiger partial charge in [-0.25, -0.2) is 19.2 Å². The fourth-order valence-corrected chi connectivity index (χ4v) is 4.48. The van der Waals surface area contributed by atoms with Crippen LogP contribution in [0.1, 0.15) is 48.0 Å². The Morgan fingerprint density at radius 2 is 1.77 bits per heavy atom. The van der Waals surface area contributed by atoms with Crippen molar-refractivity contribution < 1.29 is 18.7 Å². The van der Waals surface area contributed by atoms with Crippen molar-refractivity contribution in [3.05, 3.63) is 47.5 Å². The van der Waals surface area contributed by atoms with Crippen LogP contribution in [0.4, 0.5) is 32.3 Å². The summed E-state index contributed by atoms with van der Waals surface area (Å²) in [6.07, 6.45) is 1.06. The van der Waals surface area contributed by atoms with Gasteiger partial charge < -0.3 is 30.9 Å². The van der Waals surface area contributed by atoms with Crippen molar-refractivity contribution >= 4 is 46.7 Å². The van der Waals surface area contributed by atoms with Crippen LogP contribution < -0.4 is 21.3 Å². The van der Waals surface area contributed by atoms with Gasteiger partial charge in [0.15, 0.2) is 5.82 Å².